The zero-order chi connectivity index (χ0) is 24.2. The number of nitrogens with zero attached hydrogens (tertiary/aromatic N) is 4. The van der Waals surface area contributed by atoms with Crippen LogP contribution in [-0.2, 0) is 6.54 Å². The minimum Gasteiger partial charge on any atom is -0.332 e. The number of halogens is 8. The molecule has 0 aliphatic rings. The van der Waals surface area contributed by atoms with Crippen LogP contribution in [0.5, 0.6) is 0 Å². The molecule has 3 aromatic rings. The topological polar surface area (TPSA) is 83.6 Å². The fourth-order valence-corrected chi connectivity index (χ4v) is 3.98. The number of rotatable bonds is 5. The highest BCUT2D eigenvalue weighted by molar-refractivity contribution is 8.45. The molecule has 15 heteroatoms. The molecule has 2 aromatic carbocycles. The van der Waals surface area contributed by atoms with Gasteiger partial charge in [0, 0.05) is 5.56 Å². The summed E-state index contributed by atoms with van der Waals surface area (Å²) in [6, 6.07) is 4.58. The van der Waals surface area contributed by atoms with Crippen molar-refractivity contribution in [2.24, 2.45) is 0 Å². The number of carbonyl (C=O) groups excluding carboxylic acids is 1. The van der Waals surface area contributed by atoms with Gasteiger partial charge in [-0.3, -0.25) is 4.79 Å². The molecule has 0 spiro atoms. The van der Waals surface area contributed by atoms with Gasteiger partial charge < -0.3 is 5.32 Å². The van der Waals surface area contributed by atoms with E-state index >= 15 is 0 Å². The maximum Gasteiger partial charge on any atom is 0.310 e. The molecular formula is C17H11Cl3F5N5OS. The highest BCUT2D eigenvalue weighted by atomic mass is 35.5. The van der Waals surface area contributed by atoms with Crippen molar-refractivity contribution >= 4 is 62.0 Å². The smallest absolute Gasteiger partial charge is 0.310 e. The molecular weight excluding hydrogens is 524 g/mol. The molecule has 6 nitrogen and oxygen atoms in total. The van der Waals surface area contributed by atoms with Crippen LogP contribution in [0, 0.1) is 11.3 Å². The second kappa shape index (κ2) is 7.08. The number of nitriles is 1. The zero-order valence-electron chi connectivity index (χ0n) is 15.7. The predicted octanol–water partition coefficient (Wildman–Crippen LogP) is 6.76. The Labute approximate surface area is 192 Å². The number of carbonyl (C=O) groups is 1. The Bertz CT molecular complexity index is 1290. The molecule has 0 radical (unpaired) electrons. The third-order valence-corrected chi connectivity index (χ3v) is 6.44. The minimum absolute atomic E-state index is 0.0732. The van der Waals surface area contributed by atoms with Crippen molar-refractivity contribution in [2.45, 2.75) is 23.9 Å². The highest BCUT2D eigenvalue weighted by Crippen LogP contribution is 3.02. The van der Waals surface area contributed by atoms with Crippen LogP contribution in [0.4, 0.5) is 19.4 Å². The molecule has 0 aliphatic carbocycles. The van der Waals surface area contributed by atoms with Crippen molar-refractivity contribution in [1.82, 2.24) is 20.3 Å². The number of nitrogens with one attached hydrogen (secondary N) is 1. The van der Waals surface area contributed by atoms with E-state index in [0.717, 1.165) is 4.80 Å². The number of fused-ring (bicyclic) bond motifs is 1. The largest absolute Gasteiger partial charge is 0.332 e. The van der Waals surface area contributed by atoms with Gasteiger partial charge in [-0.15, -0.1) is 0 Å². The van der Waals surface area contributed by atoms with Gasteiger partial charge in [0.05, 0.1) is 27.7 Å². The number of hydrogen-bond acceptors (Lipinski definition) is 4. The summed E-state index contributed by atoms with van der Waals surface area (Å²) in [6.07, 6.45) is 0. The van der Waals surface area contributed by atoms with E-state index in [2.05, 4.69) is 15.5 Å². The summed E-state index contributed by atoms with van der Waals surface area (Å²) in [7, 11) is -9.87. The summed E-state index contributed by atoms with van der Waals surface area (Å²) in [4.78, 5) is 11.3. The van der Waals surface area contributed by atoms with E-state index in [1.165, 1.54) is 13.0 Å². The van der Waals surface area contributed by atoms with Crippen LogP contribution >= 0.6 is 45.0 Å². The summed E-state index contributed by atoms with van der Waals surface area (Å²) in [5, 5.41) is 20.4. The van der Waals surface area contributed by atoms with E-state index in [9.17, 15) is 29.5 Å². The third-order valence-electron chi connectivity index (χ3n) is 4.21. The maximum atomic E-state index is 12.8. The predicted molar refractivity (Wildman–Crippen MR) is 112 cm³/mol. The van der Waals surface area contributed by atoms with Crippen molar-refractivity contribution in [3.63, 3.8) is 0 Å². The van der Waals surface area contributed by atoms with Crippen LogP contribution in [0.3, 0.4) is 0 Å². The third kappa shape index (κ3) is 5.01. The van der Waals surface area contributed by atoms with Crippen LogP contribution in [0.2, 0.25) is 15.1 Å². The van der Waals surface area contributed by atoms with Gasteiger partial charge in [-0.2, -0.15) is 20.3 Å². The molecule has 1 unspecified atom stereocenters. The highest BCUT2D eigenvalue weighted by Gasteiger charge is 2.65. The number of hydrogen-bond donors (Lipinski definition) is 1. The van der Waals surface area contributed by atoms with Crippen molar-refractivity contribution in [3.05, 3.63) is 51.0 Å². The number of benzene rings is 2. The van der Waals surface area contributed by atoms with Gasteiger partial charge in [0.25, 0.3) is 5.91 Å². The van der Waals surface area contributed by atoms with E-state index in [1.807, 2.05) is 6.07 Å². The molecule has 0 fully saturated rings. The lowest BCUT2D eigenvalue weighted by Gasteiger charge is -2.40. The standard InChI is InChI=1S/C17H11Cl3F5N5OS/c1-17(7-26,8-30-28-14-12(19)6-11(18)13(20)15(14)29-30)27-16(31)9-2-4-10(5-3-9)32(21,22,23,24)25/h2-6H,8H2,1H3,(H,27,31). The lowest BCUT2D eigenvalue weighted by Crippen LogP contribution is -2.48. The summed E-state index contributed by atoms with van der Waals surface area (Å²) in [5.74, 6) is -0.974. The first-order chi connectivity index (χ1) is 14.4. The van der Waals surface area contributed by atoms with Crippen LogP contribution < -0.4 is 5.32 Å². The van der Waals surface area contributed by atoms with Gasteiger partial charge in [0.1, 0.15) is 21.5 Å². The van der Waals surface area contributed by atoms with Crippen molar-refractivity contribution in [2.75, 3.05) is 0 Å². The lowest BCUT2D eigenvalue weighted by molar-refractivity contribution is 0.0915. The Kier molecular flexibility index (Phi) is 5.38. The van der Waals surface area contributed by atoms with Crippen molar-refractivity contribution in [3.8, 4) is 6.07 Å². The fraction of sp³-hybridized carbons (Fsp3) is 0.176. The quantitative estimate of drug-likeness (QED) is 0.289. The van der Waals surface area contributed by atoms with E-state index in [1.54, 1.807) is 0 Å². The average Bonchev–Trinajstić information content (AvgIpc) is 3.08. The Morgan fingerprint density at radius 2 is 1.66 bits per heavy atom. The maximum absolute atomic E-state index is 12.8. The van der Waals surface area contributed by atoms with E-state index in [4.69, 9.17) is 34.8 Å². The Hall–Kier alpha value is -2.33. The summed E-state index contributed by atoms with van der Waals surface area (Å²) in [5.41, 5.74) is -1.66. The Morgan fingerprint density at radius 3 is 2.19 bits per heavy atom. The Morgan fingerprint density at radius 1 is 1.09 bits per heavy atom. The minimum atomic E-state index is -9.87. The van der Waals surface area contributed by atoms with Crippen LogP contribution in [0.15, 0.2) is 35.2 Å². The van der Waals surface area contributed by atoms with Crippen molar-refractivity contribution in [1.29, 1.82) is 5.26 Å². The molecule has 0 bridgehead atoms. The van der Waals surface area contributed by atoms with Gasteiger partial charge in [-0.1, -0.05) is 54.2 Å². The van der Waals surface area contributed by atoms with Crippen molar-refractivity contribution < 1.29 is 24.2 Å². The molecule has 1 atom stereocenters. The second-order valence-electron chi connectivity index (χ2n) is 6.97. The van der Waals surface area contributed by atoms with Crippen LogP contribution in [-0.4, -0.2) is 26.4 Å². The zero-order valence-corrected chi connectivity index (χ0v) is 18.8. The molecule has 1 aromatic heterocycles. The molecule has 1 N–H and O–H groups in total. The van der Waals surface area contributed by atoms with Gasteiger partial charge in [-0.25, -0.2) is 0 Å². The monoisotopic (exact) mass is 533 g/mol. The average molecular weight is 535 g/mol. The van der Waals surface area contributed by atoms with Gasteiger partial charge in [-0.05, 0) is 37.3 Å². The Balaban J connectivity index is 1.85. The molecule has 0 saturated heterocycles. The number of amides is 1. The van der Waals surface area contributed by atoms with Crippen LogP contribution in [0.25, 0.3) is 11.0 Å². The molecule has 3 rings (SSSR count). The van der Waals surface area contributed by atoms with Gasteiger partial charge in [0.2, 0.25) is 0 Å². The first kappa shape index (κ1) is 24.3. The molecule has 0 saturated carbocycles. The summed E-state index contributed by atoms with van der Waals surface area (Å²) in [6.45, 7) is 0.996. The normalized spacial score (nSPS) is 16.0. The second-order valence-corrected chi connectivity index (χ2v) is 10.6. The molecule has 172 valence electrons. The van der Waals surface area contributed by atoms with E-state index in [0.29, 0.717) is 12.1 Å². The van der Waals surface area contributed by atoms with Gasteiger partial charge in [0.15, 0.2) is 0 Å². The molecule has 32 heavy (non-hydrogen) atoms. The fourth-order valence-electron chi connectivity index (χ4n) is 2.66. The molecule has 0 aliphatic heterocycles. The first-order valence-electron chi connectivity index (χ1n) is 8.39. The number of aromatic nitrogens is 3. The first-order valence-corrected chi connectivity index (χ1v) is 11.5. The summed E-state index contributed by atoms with van der Waals surface area (Å²) < 4.78 is 64.2. The van der Waals surface area contributed by atoms with E-state index < -0.39 is 26.6 Å². The summed E-state index contributed by atoms with van der Waals surface area (Å²) >= 11 is 18.1. The lowest BCUT2D eigenvalue weighted by atomic mass is 10.0. The SMILES string of the molecule is CC(C#N)(Cn1nc2c(Cl)cc(Cl)c(Cl)c2n1)NC(=O)c1ccc(S(F)(F)(F)(F)F)cc1. The van der Waals surface area contributed by atoms with Crippen LogP contribution in [0.1, 0.15) is 17.3 Å². The molecule has 1 heterocycles. The molecule has 1 amide bonds. The van der Waals surface area contributed by atoms with E-state index in [-0.39, 0.29) is 50.3 Å². The van der Waals surface area contributed by atoms with Gasteiger partial charge >= 0.3 is 10.2 Å².